The van der Waals surface area contributed by atoms with Crippen LogP contribution in [0.5, 0.6) is 5.75 Å². The molecule has 0 bridgehead atoms. The maximum Gasteiger partial charge on any atom is 0.231 e. The molecule has 0 radical (unpaired) electrons. The van der Waals surface area contributed by atoms with Crippen LogP contribution < -0.4 is 20.7 Å². The molecule has 9 nitrogen and oxygen atoms in total. The first-order valence-electron chi connectivity index (χ1n) is 11.5. The normalized spacial score (nSPS) is 17.9. The minimum absolute atomic E-state index is 0.0230. The average molecular weight is 503 g/mol. The molecule has 1 aliphatic carbocycles. The summed E-state index contributed by atoms with van der Waals surface area (Å²) in [5, 5.41) is 8.84. The van der Waals surface area contributed by atoms with E-state index in [0.29, 0.717) is 65.3 Å². The van der Waals surface area contributed by atoms with Gasteiger partial charge in [0.2, 0.25) is 11.9 Å². The third-order valence-electron chi connectivity index (χ3n) is 6.74. The highest BCUT2D eigenvalue weighted by molar-refractivity contribution is 7.71. The Balaban J connectivity index is 1.41. The number of ether oxygens (including phenoxy) is 1. The van der Waals surface area contributed by atoms with Gasteiger partial charge in [-0.05, 0) is 37.5 Å². The van der Waals surface area contributed by atoms with Gasteiger partial charge in [0, 0.05) is 49.9 Å². The molecule has 1 saturated carbocycles. The van der Waals surface area contributed by atoms with Gasteiger partial charge in [-0.2, -0.15) is 9.97 Å². The number of amides is 1. The highest BCUT2D eigenvalue weighted by Crippen LogP contribution is 2.47. The molecule has 180 valence electrons. The molecule has 11 heteroatoms. The molecular weight excluding hydrogens is 475 g/mol. The van der Waals surface area contributed by atoms with E-state index >= 15 is 0 Å². The lowest BCUT2D eigenvalue weighted by Gasteiger charge is -2.32. The van der Waals surface area contributed by atoms with Crippen LogP contribution in [-0.2, 0) is 9.36 Å². The minimum atomic E-state index is -2.60. The van der Waals surface area contributed by atoms with Crippen LogP contribution in [-0.4, -0.2) is 64.3 Å². The molecule has 34 heavy (non-hydrogen) atoms. The molecule has 5 rings (SSSR count). The van der Waals surface area contributed by atoms with E-state index in [-0.39, 0.29) is 5.91 Å². The quantitative estimate of drug-likeness (QED) is 0.433. The van der Waals surface area contributed by atoms with Crippen molar-refractivity contribution in [2.45, 2.75) is 32.2 Å². The van der Waals surface area contributed by atoms with Gasteiger partial charge in [-0.3, -0.25) is 4.79 Å². The summed E-state index contributed by atoms with van der Waals surface area (Å²) in [7, 11) is -1.02. The van der Waals surface area contributed by atoms with Crippen molar-refractivity contribution < 1.29 is 14.1 Å². The summed E-state index contributed by atoms with van der Waals surface area (Å²) in [4.78, 5) is 25.8. The number of nitrogens with zero attached hydrogens (tertiary/aromatic N) is 3. The van der Waals surface area contributed by atoms with Gasteiger partial charge in [0.1, 0.15) is 24.4 Å². The number of anilines is 3. The zero-order valence-corrected chi connectivity index (χ0v) is 20.9. The second-order valence-corrected chi connectivity index (χ2v) is 12.5. The molecule has 1 aromatic carbocycles. The van der Waals surface area contributed by atoms with Crippen molar-refractivity contribution in [3.63, 3.8) is 0 Å². The van der Waals surface area contributed by atoms with Gasteiger partial charge in [0.25, 0.3) is 0 Å². The molecule has 2 aromatic heterocycles. The summed E-state index contributed by atoms with van der Waals surface area (Å²) in [6.45, 7) is 2.57. The van der Waals surface area contributed by atoms with Crippen LogP contribution in [0.25, 0.3) is 11.0 Å². The number of hydrogen-bond acceptors (Lipinski definition) is 7. The Morgan fingerprint density at radius 2 is 2.03 bits per heavy atom. The molecule has 3 N–H and O–H groups in total. The van der Waals surface area contributed by atoms with E-state index in [2.05, 4.69) is 20.6 Å². The van der Waals surface area contributed by atoms with Crippen LogP contribution in [0, 0.1) is 0 Å². The van der Waals surface area contributed by atoms with E-state index < -0.39 is 7.14 Å². The van der Waals surface area contributed by atoms with Gasteiger partial charge in [-0.1, -0.05) is 11.6 Å². The molecule has 1 amide bonds. The summed E-state index contributed by atoms with van der Waals surface area (Å²) in [5.74, 6) is 1.68. The van der Waals surface area contributed by atoms with Gasteiger partial charge in [0.15, 0.2) is 0 Å². The van der Waals surface area contributed by atoms with E-state index in [1.807, 2.05) is 18.2 Å². The first kappa shape index (κ1) is 23.0. The lowest BCUT2D eigenvalue weighted by atomic mass is 9.93. The van der Waals surface area contributed by atoms with Gasteiger partial charge >= 0.3 is 0 Å². The first-order valence-corrected chi connectivity index (χ1v) is 13.9. The van der Waals surface area contributed by atoms with Crippen molar-refractivity contribution in [1.29, 1.82) is 0 Å². The SMILES string of the molecule is COc1cc(P2(=O)CCN(C(C)=O)CC2)ccc1Nc1nc(NC2CCC2)c2c(Cl)c[nH]c2n1. The number of methoxy groups -OCH3 is 1. The topological polar surface area (TPSA) is 112 Å². The molecule has 3 aromatic rings. The van der Waals surface area contributed by atoms with E-state index in [0.717, 1.165) is 23.5 Å². The zero-order valence-electron chi connectivity index (χ0n) is 19.2. The van der Waals surface area contributed by atoms with Crippen LogP contribution in [0.4, 0.5) is 17.5 Å². The van der Waals surface area contributed by atoms with Gasteiger partial charge < -0.3 is 29.8 Å². The van der Waals surface area contributed by atoms with Crippen LogP contribution in [0.1, 0.15) is 26.2 Å². The van der Waals surface area contributed by atoms with Crippen molar-refractivity contribution in [1.82, 2.24) is 19.9 Å². The van der Waals surface area contributed by atoms with E-state index in [4.69, 9.17) is 21.3 Å². The number of carbonyl (C=O) groups is 1. The monoisotopic (exact) mass is 502 g/mol. The first-order chi connectivity index (χ1) is 16.4. The highest BCUT2D eigenvalue weighted by atomic mass is 35.5. The van der Waals surface area contributed by atoms with E-state index in [9.17, 15) is 9.36 Å². The molecule has 3 heterocycles. The third kappa shape index (κ3) is 4.34. The average Bonchev–Trinajstić information content (AvgIpc) is 3.17. The number of hydrogen-bond donors (Lipinski definition) is 3. The molecule has 2 aliphatic rings. The Labute approximate surface area is 203 Å². The predicted molar refractivity (Wildman–Crippen MR) is 136 cm³/mol. The Morgan fingerprint density at radius 1 is 1.26 bits per heavy atom. The summed E-state index contributed by atoms with van der Waals surface area (Å²) in [6, 6.07) is 5.92. The van der Waals surface area contributed by atoms with Gasteiger partial charge in [-0.25, -0.2) is 0 Å². The van der Waals surface area contributed by atoms with E-state index in [1.165, 1.54) is 6.42 Å². The minimum Gasteiger partial charge on any atom is -0.495 e. The van der Waals surface area contributed by atoms with Gasteiger partial charge in [-0.15, -0.1) is 0 Å². The number of H-pyrrole nitrogens is 1. The largest absolute Gasteiger partial charge is 0.495 e. The van der Waals surface area contributed by atoms with Crippen molar-refractivity contribution >= 4 is 58.4 Å². The Morgan fingerprint density at radius 3 is 2.68 bits per heavy atom. The Kier molecular flexibility index (Phi) is 6.16. The van der Waals surface area contributed by atoms with Gasteiger partial charge in [0.05, 0.1) is 23.2 Å². The van der Waals surface area contributed by atoms with Crippen molar-refractivity contribution in [3.05, 3.63) is 29.4 Å². The maximum atomic E-state index is 13.6. The third-order valence-corrected chi connectivity index (χ3v) is 10.1. The second kappa shape index (κ2) is 9.12. The number of benzene rings is 1. The van der Waals surface area contributed by atoms with Crippen LogP contribution in [0.2, 0.25) is 5.02 Å². The fraction of sp³-hybridized carbons (Fsp3) is 0.435. The maximum absolute atomic E-state index is 13.6. The zero-order chi connectivity index (χ0) is 23.9. The summed E-state index contributed by atoms with van der Waals surface area (Å²) < 4.78 is 19.2. The molecule has 0 spiro atoms. The second-order valence-electron chi connectivity index (χ2n) is 8.88. The number of carbonyl (C=O) groups excluding carboxylic acids is 1. The fourth-order valence-corrected chi connectivity index (χ4v) is 7.22. The molecule has 2 fully saturated rings. The number of halogens is 1. The Bertz CT molecular complexity index is 1280. The summed E-state index contributed by atoms with van der Waals surface area (Å²) >= 11 is 6.37. The number of nitrogens with one attached hydrogen (secondary N) is 3. The lowest BCUT2D eigenvalue weighted by Crippen LogP contribution is -2.39. The van der Waals surface area contributed by atoms with E-state index in [1.54, 1.807) is 25.1 Å². The molecule has 0 atom stereocenters. The molecule has 1 saturated heterocycles. The number of aromatic amines is 1. The molecule has 0 unspecified atom stereocenters. The van der Waals surface area contributed by atoms with Crippen LogP contribution in [0.3, 0.4) is 0 Å². The smallest absolute Gasteiger partial charge is 0.231 e. The number of rotatable bonds is 6. The predicted octanol–water partition coefficient (Wildman–Crippen LogP) is 4.18. The molecular formula is C23H28ClN6O3P. The lowest BCUT2D eigenvalue weighted by molar-refractivity contribution is -0.128. The highest BCUT2D eigenvalue weighted by Gasteiger charge is 2.32. The number of fused-ring (bicyclic) bond motifs is 1. The van der Waals surface area contributed by atoms with Crippen molar-refractivity contribution in [2.75, 3.05) is 43.2 Å². The summed E-state index contributed by atoms with van der Waals surface area (Å²) in [6.07, 6.45) is 6.09. The number of aromatic nitrogens is 3. The fourth-order valence-electron chi connectivity index (χ4n) is 4.42. The summed E-state index contributed by atoms with van der Waals surface area (Å²) in [5.41, 5.74) is 1.31. The van der Waals surface area contributed by atoms with Crippen molar-refractivity contribution in [2.24, 2.45) is 0 Å². The standard InChI is InChI=1S/C23H28ClN6O3P/c1-14(31)30-8-10-34(32,11-9-30)16-6-7-18(19(12-16)33-2)27-23-28-21-20(17(24)13-25-21)22(29-23)26-15-4-3-5-15/h6-7,12-13,15H,3-5,8-11H2,1-2H3,(H3,25,26,27,28,29). The van der Waals surface area contributed by atoms with Crippen molar-refractivity contribution in [3.8, 4) is 5.75 Å². The Hall–Kier alpha value is -2.77. The van der Waals surface area contributed by atoms with Crippen LogP contribution in [0.15, 0.2) is 24.4 Å². The van der Waals surface area contributed by atoms with Crippen LogP contribution >= 0.6 is 18.7 Å². The molecule has 1 aliphatic heterocycles.